The Morgan fingerprint density at radius 2 is 1.52 bits per heavy atom. The summed E-state index contributed by atoms with van der Waals surface area (Å²) in [5.74, 6) is -1.54. The minimum atomic E-state index is -3.65. The number of hydrogen-bond donors (Lipinski definition) is 0. The second-order valence-corrected chi connectivity index (χ2v) is 8.57. The molecule has 0 radical (unpaired) electrons. The van der Waals surface area contributed by atoms with Crippen molar-refractivity contribution in [3.63, 3.8) is 0 Å². The van der Waals surface area contributed by atoms with Gasteiger partial charge in [0.05, 0.1) is 38.9 Å². The predicted octanol–water partition coefficient (Wildman–Crippen LogP) is 0.0661. The van der Waals surface area contributed by atoms with Gasteiger partial charge in [-0.2, -0.15) is 16.8 Å². The van der Waals surface area contributed by atoms with Crippen LogP contribution in [0.15, 0.2) is 12.7 Å². The first kappa shape index (κ1) is 23.9. The molecular weight excluding hydrogens is 376 g/mol. The maximum atomic E-state index is 12.1. The van der Waals surface area contributed by atoms with Crippen LogP contribution in [-0.4, -0.2) is 67.3 Å². The van der Waals surface area contributed by atoms with Gasteiger partial charge in [-0.15, -0.1) is 6.58 Å². The lowest BCUT2D eigenvalue weighted by Gasteiger charge is -2.15. The predicted molar refractivity (Wildman–Crippen MR) is 90.0 cm³/mol. The molecule has 0 aliphatic heterocycles. The SMILES string of the molecule is C=CCOCC(CC(=O)CCOS(C)(=O)=O)C(=O)CCOS(C)(=O)=O. The Morgan fingerprint density at radius 1 is 1.00 bits per heavy atom. The Labute approximate surface area is 148 Å². The number of hydrogen-bond acceptors (Lipinski definition) is 9. The van der Waals surface area contributed by atoms with Gasteiger partial charge in [0.15, 0.2) is 0 Å². The fourth-order valence-electron chi connectivity index (χ4n) is 1.74. The summed E-state index contributed by atoms with van der Waals surface area (Å²) in [6, 6.07) is 0. The molecule has 9 nitrogen and oxygen atoms in total. The molecule has 0 aromatic heterocycles. The summed E-state index contributed by atoms with van der Waals surface area (Å²) < 4.78 is 57.6. The van der Waals surface area contributed by atoms with E-state index in [0.29, 0.717) is 0 Å². The molecule has 0 amide bonds. The van der Waals surface area contributed by atoms with Gasteiger partial charge < -0.3 is 4.74 Å². The van der Waals surface area contributed by atoms with Gasteiger partial charge in [0.25, 0.3) is 20.2 Å². The molecule has 0 aromatic rings. The maximum absolute atomic E-state index is 12.1. The van der Waals surface area contributed by atoms with Gasteiger partial charge in [0.1, 0.15) is 11.6 Å². The van der Waals surface area contributed by atoms with Gasteiger partial charge in [0.2, 0.25) is 0 Å². The van der Waals surface area contributed by atoms with E-state index in [1.54, 1.807) is 0 Å². The Morgan fingerprint density at radius 3 is 2.00 bits per heavy atom. The molecule has 146 valence electrons. The number of carbonyl (C=O) groups excluding carboxylic acids is 2. The summed E-state index contributed by atoms with van der Waals surface area (Å²) >= 11 is 0. The molecule has 0 aliphatic rings. The van der Waals surface area contributed by atoms with E-state index >= 15 is 0 Å². The highest BCUT2D eigenvalue weighted by atomic mass is 32.2. The molecule has 0 spiro atoms. The third-order valence-corrected chi connectivity index (χ3v) is 4.00. The number of carbonyl (C=O) groups is 2. The topological polar surface area (TPSA) is 130 Å². The van der Waals surface area contributed by atoms with Crippen LogP contribution in [-0.2, 0) is 42.9 Å². The summed E-state index contributed by atoms with van der Waals surface area (Å²) in [4.78, 5) is 24.0. The fourth-order valence-corrected chi connectivity index (χ4v) is 2.51. The van der Waals surface area contributed by atoms with Crippen LogP contribution in [0.3, 0.4) is 0 Å². The first-order chi connectivity index (χ1) is 11.4. The third-order valence-electron chi connectivity index (χ3n) is 2.81. The second-order valence-electron chi connectivity index (χ2n) is 5.28. The Bertz CT molecular complexity index is 650. The monoisotopic (exact) mass is 400 g/mol. The van der Waals surface area contributed by atoms with Crippen LogP contribution in [0.5, 0.6) is 0 Å². The smallest absolute Gasteiger partial charge is 0.264 e. The lowest BCUT2D eigenvalue weighted by Crippen LogP contribution is -2.25. The average Bonchev–Trinajstić information content (AvgIpc) is 2.43. The van der Waals surface area contributed by atoms with Crippen LogP contribution in [0.2, 0.25) is 0 Å². The van der Waals surface area contributed by atoms with Crippen LogP contribution >= 0.6 is 0 Å². The molecule has 0 aromatic carbocycles. The number of Topliss-reactive ketones (excluding diaryl/α,β-unsaturated/α-hetero) is 2. The first-order valence-corrected chi connectivity index (χ1v) is 11.0. The highest BCUT2D eigenvalue weighted by Crippen LogP contribution is 2.12. The van der Waals surface area contributed by atoms with Crippen LogP contribution in [0.4, 0.5) is 0 Å². The Balaban J connectivity index is 4.55. The molecule has 0 saturated heterocycles. The van der Waals surface area contributed by atoms with Crippen molar-refractivity contribution in [1.82, 2.24) is 0 Å². The molecule has 1 atom stereocenters. The van der Waals surface area contributed by atoms with E-state index in [1.807, 2.05) is 0 Å². The van der Waals surface area contributed by atoms with Gasteiger partial charge in [0, 0.05) is 25.2 Å². The summed E-state index contributed by atoms with van der Waals surface area (Å²) in [7, 11) is -7.29. The van der Waals surface area contributed by atoms with E-state index in [9.17, 15) is 26.4 Å². The van der Waals surface area contributed by atoms with E-state index in [2.05, 4.69) is 14.9 Å². The highest BCUT2D eigenvalue weighted by molar-refractivity contribution is 7.86. The van der Waals surface area contributed by atoms with Crippen molar-refractivity contribution in [2.75, 3.05) is 38.9 Å². The molecule has 0 aliphatic carbocycles. The lowest BCUT2D eigenvalue weighted by atomic mass is 9.95. The van der Waals surface area contributed by atoms with Crippen molar-refractivity contribution in [2.24, 2.45) is 5.92 Å². The molecule has 1 unspecified atom stereocenters. The normalized spacial score (nSPS) is 13.4. The molecule has 0 N–H and O–H groups in total. The van der Waals surface area contributed by atoms with E-state index in [0.717, 1.165) is 12.5 Å². The summed E-state index contributed by atoms with van der Waals surface area (Å²) in [5.41, 5.74) is 0. The Kier molecular flexibility index (Phi) is 10.9. The van der Waals surface area contributed by atoms with Crippen LogP contribution in [0.25, 0.3) is 0 Å². The molecular formula is C14H24O9S2. The lowest BCUT2D eigenvalue weighted by molar-refractivity contribution is -0.130. The minimum Gasteiger partial charge on any atom is -0.377 e. The van der Waals surface area contributed by atoms with Crippen LogP contribution < -0.4 is 0 Å². The van der Waals surface area contributed by atoms with E-state index in [1.165, 1.54) is 6.08 Å². The zero-order valence-electron chi connectivity index (χ0n) is 14.3. The van der Waals surface area contributed by atoms with Crippen molar-refractivity contribution in [2.45, 2.75) is 19.3 Å². The first-order valence-electron chi connectivity index (χ1n) is 7.36. The summed E-state index contributed by atoms with van der Waals surface area (Å²) in [6.07, 6.45) is 2.70. The van der Waals surface area contributed by atoms with E-state index < -0.39 is 26.2 Å². The summed E-state index contributed by atoms with van der Waals surface area (Å²) in [6.45, 7) is 3.00. The molecule has 25 heavy (non-hydrogen) atoms. The van der Waals surface area contributed by atoms with Gasteiger partial charge in [-0.3, -0.25) is 18.0 Å². The number of ketones is 2. The molecule has 11 heteroatoms. The van der Waals surface area contributed by atoms with Crippen molar-refractivity contribution >= 4 is 31.8 Å². The van der Waals surface area contributed by atoms with Crippen molar-refractivity contribution in [3.8, 4) is 0 Å². The third kappa shape index (κ3) is 14.9. The largest absolute Gasteiger partial charge is 0.377 e. The summed E-state index contributed by atoms with van der Waals surface area (Å²) in [5, 5.41) is 0. The van der Waals surface area contributed by atoms with Crippen molar-refractivity contribution in [3.05, 3.63) is 12.7 Å². The molecule has 0 saturated carbocycles. The zero-order chi connectivity index (χ0) is 19.5. The Hall–Kier alpha value is -1.14. The molecule has 0 rings (SSSR count). The average molecular weight is 400 g/mol. The molecule has 0 heterocycles. The van der Waals surface area contributed by atoms with E-state index in [4.69, 9.17) is 4.74 Å². The standard InChI is InChI=1S/C14H24O9S2/c1-4-7-21-11-12(14(16)6-9-23-25(3,19)20)10-13(15)5-8-22-24(2,17)18/h4,12H,1,5-11H2,2-3H3. The molecule has 0 bridgehead atoms. The zero-order valence-corrected chi connectivity index (χ0v) is 15.9. The van der Waals surface area contributed by atoms with Crippen molar-refractivity contribution < 1.29 is 39.5 Å². The van der Waals surface area contributed by atoms with Crippen molar-refractivity contribution in [1.29, 1.82) is 0 Å². The van der Waals surface area contributed by atoms with Gasteiger partial charge >= 0.3 is 0 Å². The fraction of sp³-hybridized carbons (Fsp3) is 0.714. The van der Waals surface area contributed by atoms with Crippen LogP contribution in [0.1, 0.15) is 19.3 Å². The minimum absolute atomic E-state index is 0.0393. The van der Waals surface area contributed by atoms with Gasteiger partial charge in [-0.05, 0) is 0 Å². The van der Waals surface area contributed by atoms with Gasteiger partial charge in [-0.25, -0.2) is 0 Å². The second kappa shape index (κ2) is 11.5. The van der Waals surface area contributed by atoms with Gasteiger partial charge in [-0.1, -0.05) is 6.08 Å². The maximum Gasteiger partial charge on any atom is 0.264 e. The highest BCUT2D eigenvalue weighted by Gasteiger charge is 2.22. The number of rotatable bonds is 15. The van der Waals surface area contributed by atoms with E-state index in [-0.39, 0.29) is 57.3 Å². The quantitative estimate of drug-likeness (QED) is 0.213. The van der Waals surface area contributed by atoms with Crippen LogP contribution in [0, 0.1) is 5.92 Å². The number of ether oxygens (including phenoxy) is 1. The molecule has 0 fully saturated rings.